The molecular weight excluding hydrogens is 283 g/mol. The summed E-state index contributed by atoms with van der Waals surface area (Å²) in [6, 6.07) is 4.51. The van der Waals surface area contributed by atoms with Gasteiger partial charge in [0, 0.05) is 26.2 Å². The minimum atomic E-state index is -1.27. The Bertz CT molecular complexity index is 451. The van der Waals surface area contributed by atoms with Crippen molar-refractivity contribution < 1.29 is 49.3 Å². The van der Waals surface area contributed by atoms with Gasteiger partial charge in [0.1, 0.15) is 0 Å². The van der Waals surface area contributed by atoms with E-state index in [1.807, 2.05) is 0 Å². The first kappa shape index (κ1) is 19.9. The average molecular weight is 302 g/mol. The predicted octanol–water partition coefficient (Wildman–Crippen LogP) is -3.65. The Kier molecular flexibility index (Phi) is 11.0. The van der Waals surface area contributed by atoms with Crippen LogP contribution in [0, 0.1) is 0 Å². The normalized spacial score (nSPS) is 13.8. The minimum Gasteiger partial charge on any atom is -0.545 e. The van der Waals surface area contributed by atoms with Crippen LogP contribution in [0.1, 0.15) is 5.56 Å². The van der Waals surface area contributed by atoms with Crippen LogP contribution in [0.3, 0.4) is 0 Å². The zero-order chi connectivity index (χ0) is 14.8. The molecule has 0 saturated carbocycles. The summed E-state index contributed by atoms with van der Waals surface area (Å²) in [5, 5.41) is 25.8. The van der Waals surface area contributed by atoms with Crippen LogP contribution in [-0.4, -0.2) is 44.4 Å². The molecule has 0 aromatic heterocycles. The van der Waals surface area contributed by atoms with Crippen molar-refractivity contribution in [2.24, 2.45) is 0 Å². The molecule has 1 aromatic carbocycles. The van der Waals surface area contributed by atoms with Gasteiger partial charge in [-0.05, 0) is 23.8 Å². The molecule has 7 heteroatoms. The molecule has 0 spiro atoms. The van der Waals surface area contributed by atoms with Gasteiger partial charge >= 0.3 is 29.6 Å². The molecule has 2 rings (SSSR count). The number of carbonyl (C=O) groups excluding carboxylic acids is 1. The van der Waals surface area contributed by atoms with Crippen LogP contribution in [-0.2, 0) is 4.79 Å². The number of rotatable bonds is 3. The minimum absolute atomic E-state index is 0. The van der Waals surface area contributed by atoms with Crippen molar-refractivity contribution >= 4 is 12.0 Å². The van der Waals surface area contributed by atoms with Crippen LogP contribution >= 0.6 is 0 Å². The van der Waals surface area contributed by atoms with Crippen LogP contribution in [0.2, 0.25) is 0 Å². The van der Waals surface area contributed by atoms with Gasteiger partial charge in [-0.15, -0.1) is 0 Å². The maximum Gasteiger partial charge on any atom is 1.00 e. The fourth-order valence-electron chi connectivity index (χ4n) is 1.57. The second kappa shape index (κ2) is 11.6. The largest absolute Gasteiger partial charge is 1.00 e. The molecule has 110 valence electrons. The van der Waals surface area contributed by atoms with Crippen molar-refractivity contribution in [3.05, 3.63) is 29.8 Å². The molecule has 1 aliphatic rings. The molecule has 1 fully saturated rings. The van der Waals surface area contributed by atoms with E-state index in [-0.39, 0.29) is 35.3 Å². The maximum atomic E-state index is 10.1. The molecule has 21 heavy (non-hydrogen) atoms. The summed E-state index contributed by atoms with van der Waals surface area (Å²) in [6.07, 6.45) is 2.27. The summed E-state index contributed by atoms with van der Waals surface area (Å²) in [4.78, 5) is 10.1. The smallest absolute Gasteiger partial charge is 0.545 e. The number of piperazine rings is 1. The third kappa shape index (κ3) is 8.75. The quantitative estimate of drug-likeness (QED) is 0.394. The Morgan fingerprint density at radius 3 is 2.29 bits per heavy atom. The zero-order valence-corrected chi connectivity index (χ0v) is 14.4. The van der Waals surface area contributed by atoms with Gasteiger partial charge in [-0.1, -0.05) is 12.1 Å². The molecule has 0 aliphatic carbocycles. The van der Waals surface area contributed by atoms with Gasteiger partial charge < -0.3 is 30.4 Å². The van der Waals surface area contributed by atoms with E-state index in [9.17, 15) is 15.0 Å². The van der Waals surface area contributed by atoms with Gasteiger partial charge in [-0.2, -0.15) is 0 Å². The van der Waals surface area contributed by atoms with E-state index in [1.54, 1.807) is 6.07 Å². The zero-order valence-electron chi connectivity index (χ0n) is 12.4. The molecule has 0 radical (unpaired) electrons. The van der Waals surface area contributed by atoms with Crippen LogP contribution in [0.15, 0.2) is 24.3 Å². The Balaban J connectivity index is 0.000000480. The molecule has 6 nitrogen and oxygen atoms in total. The molecule has 1 aliphatic heterocycles. The van der Waals surface area contributed by atoms with E-state index in [0.717, 1.165) is 32.3 Å². The van der Waals surface area contributed by atoms with Crippen molar-refractivity contribution in [1.82, 2.24) is 10.6 Å². The number of phenols is 1. The van der Waals surface area contributed by atoms with E-state index in [2.05, 4.69) is 10.6 Å². The summed E-state index contributed by atoms with van der Waals surface area (Å²) in [5.74, 6) is -0.958. The van der Waals surface area contributed by atoms with Crippen molar-refractivity contribution in [2.45, 2.75) is 0 Å². The Morgan fingerprint density at radius 2 is 1.86 bits per heavy atom. The van der Waals surface area contributed by atoms with Crippen LogP contribution in [0.4, 0.5) is 0 Å². The molecule has 0 amide bonds. The fraction of sp³-hybridized carbons (Fsp3) is 0.357. The number of phenolic OH excluding ortho intramolecular Hbond substituents is 1. The van der Waals surface area contributed by atoms with Crippen LogP contribution in [0.5, 0.6) is 11.5 Å². The molecule has 1 saturated heterocycles. The predicted molar refractivity (Wildman–Crippen MR) is 74.4 cm³/mol. The van der Waals surface area contributed by atoms with E-state index in [0.29, 0.717) is 11.3 Å². The number of ether oxygens (including phenoxy) is 1. The van der Waals surface area contributed by atoms with Crippen molar-refractivity contribution in [1.29, 1.82) is 0 Å². The van der Waals surface area contributed by atoms with Gasteiger partial charge in [0.05, 0.1) is 13.1 Å². The summed E-state index contributed by atoms with van der Waals surface area (Å²) in [7, 11) is 1.42. The number of carboxylic acids is 1. The third-order valence-electron chi connectivity index (χ3n) is 2.57. The third-order valence-corrected chi connectivity index (χ3v) is 2.57. The maximum absolute atomic E-state index is 10.1. The Labute approximate surface area is 146 Å². The van der Waals surface area contributed by atoms with E-state index >= 15 is 0 Å². The van der Waals surface area contributed by atoms with Gasteiger partial charge in [0.15, 0.2) is 11.5 Å². The van der Waals surface area contributed by atoms with Crippen LogP contribution < -0.4 is 50.0 Å². The first-order valence-electron chi connectivity index (χ1n) is 6.31. The molecular formula is C14H19N2NaO4. The first-order valence-corrected chi connectivity index (χ1v) is 6.31. The average Bonchev–Trinajstić information content (AvgIpc) is 2.49. The summed E-state index contributed by atoms with van der Waals surface area (Å²) < 4.78 is 4.85. The summed E-state index contributed by atoms with van der Waals surface area (Å²) in [6.45, 7) is 4.56. The molecule has 1 aromatic rings. The SMILES string of the molecule is C1CNCCN1.COc1cc(/C=C\C(=O)[O-])ccc1O.[Na+]. The molecule has 0 bridgehead atoms. The Hall–Kier alpha value is -1.05. The number of nitrogens with one attached hydrogen (secondary N) is 2. The fourth-order valence-corrected chi connectivity index (χ4v) is 1.57. The number of benzene rings is 1. The number of aromatic hydroxyl groups is 1. The Morgan fingerprint density at radius 1 is 1.29 bits per heavy atom. The summed E-state index contributed by atoms with van der Waals surface area (Å²) in [5.41, 5.74) is 0.615. The summed E-state index contributed by atoms with van der Waals surface area (Å²) >= 11 is 0. The van der Waals surface area contributed by atoms with Gasteiger partial charge in [-0.3, -0.25) is 0 Å². The second-order valence-corrected chi connectivity index (χ2v) is 4.08. The molecule has 1 heterocycles. The standard InChI is InChI=1S/C10H10O4.C4H10N2.Na/c1-14-9-6-7(2-4-8(9)11)3-5-10(12)13;1-2-6-4-3-5-1;/h2-6,11H,1H3,(H,12,13);5-6H,1-4H2;/q;;+1/p-1/b5-3-;;. The molecule has 3 N–H and O–H groups in total. The number of aliphatic carboxylic acids is 1. The topological polar surface area (TPSA) is 93.7 Å². The van der Waals surface area contributed by atoms with Gasteiger partial charge in [-0.25, -0.2) is 0 Å². The van der Waals surface area contributed by atoms with Crippen LogP contribution in [0.25, 0.3) is 6.08 Å². The molecule has 0 unspecified atom stereocenters. The van der Waals surface area contributed by atoms with Gasteiger partial charge in [0.2, 0.25) is 0 Å². The van der Waals surface area contributed by atoms with Crippen molar-refractivity contribution in [3.8, 4) is 11.5 Å². The number of carbonyl (C=O) groups is 1. The number of methoxy groups -OCH3 is 1. The van der Waals surface area contributed by atoms with Gasteiger partial charge in [0.25, 0.3) is 0 Å². The first-order chi connectivity index (χ1) is 9.63. The van der Waals surface area contributed by atoms with Crippen molar-refractivity contribution in [2.75, 3.05) is 33.3 Å². The number of hydrogen-bond donors (Lipinski definition) is 3. The van der Waals surface area contributed by atoms with Crippen molar-refractivity contribution in [3.63, 3.8) is 0 Å². The monoisotopic (exact) mass is 302 g/mol. The number of hydrogen-bond acceptors (Lipinski definition) is 6. The van der Waals surface area contributed by atoms with E-state index in [4.69, 9.17) is 4.74 Å². The van der Waals surface area contributed by atoms with E-state index < -0.39 is 5.97 Å². The van der Waals surface area contributed by atoms with E-state index in [1.165, 1.54) is 25.3 Å². The molecule has 0 atom stereocenters. The second-order valence-electron chi connectivity index (χ2n) is 4.08. The number of carboxylic acid groups (broad SMARTS) is 1.